The van der Waals surface area contributed by atoms with E-state index >= 15 is 0 Å². The molecule has 0 bridgehead atoms. The van der Waals surface area contributed by atoms with Crippen LogP contribution >= 0.6 is 22.9 Å². The van der Waals surface area contributed by atoms with Crippen molar-refractivity contribution in [2.75, 3.05) is 11.9 Å². The standard InChI is InChI=1S/C24H26ClN5O5S2/c25-23-16(21-15-6-2-1-4-13(15)5-3-7-27-21)10-20(36-23)22(32)17-11-26-12-28-24(17)29-14-8-18(19(31)9-14)30-37(33,34)35/h1-2,4,6,10-12,14,18-19,21,27,30-31H,3,5,7-9H2,(H,26,28,29)(H,33,34,35)/t14-,18?,19+,21-/m1/s1. The molecule has 0 saturated heterocycles. The van der Waals surface area contributed by atoms with Gasteiger partial charge in [0.15, 0.2) is 0 Å². The highest BCUT2D eigenvalue weighted by Crippen LogP contribution is 2.38. The number of rotatable bonds is 7. The fourth-order valence-corrected chi connectivity index (χ4v) is 6.96. The summed E-state index contributed by atoms with van der Waals surface area (Å²) in [4.78, 5) is 22.2. The third-order valence-electron chi connectivity index (χ3n) is 6.71. The Balaban J connectivity index is 1.38. The van der Waals surface area contributed by atoms with Gasteiger partial charge in [0.05, 0.1) is 33.0 Å². The van der Waals surface area contributed by atoms with Crippen LogP contribution in [-0.4, -0.2) is 58.6 Å². The first kappa shape index (κ1) is 26.2. The van der Waals surface area contributed by atoms with Crippen molar-refractivity contribution in [2.24, 2.45) is 0 Å². The molecule has 1 saturated carbocycles. The average molecular weight is 564 g/mol. The smallest absolute Gasteiger partial charge is 0.333 e. The monoisotopic (exact) mass is 563 g/mol. The average Bonchev–Trinajstić information content (AvgIpc) is 3.31. The number of aryl methyl sites for hydroxylation is 1. The van der Waals surface area contributed by atoms with E-state index in [-0.39, 0.29) is 42.1 Å². The van der Waals surface area contributed by atoms with Crippen molar-refractivity contribution in [3.05, 3.63) is 74.3 Å². The molecule has 2 aliphatic rings. The van der Waals surface area contributed by atoms with Gasteiger partial charge in [-0.2, -0.15) is 13.1 Å². The molecule has 1 aromatic carbocycles. The van der Waals surface area contributed by atoms with Crippen molar-refractivity contribution in [1.82, 2.24) is 20.0 Å². The fourth-order valence-electron chi connectivity index (χ4n) is 5.04. The normalized spacial score (nSPS) is 23.9. The van der Waals surface area contributed by atoms with Gasteiger partial charge in [0.25, 0.3) is 0 Å². The minimum atomic E-state index is -4.46. The van der Waals surface area contributed by atoms with E-state index in [4.69, 9.17) is 16.2 Å². The molecule has 3 heterocycles. The number of aliphatic hydroxyl groups is 1. The van der Waals surface area contributed by atoms with Crippen LogP contribution in [0.3, 0.4) is 0 Å². The third-order valence-corrected chi connectivity index (χ3v) is 8.70. The van der Waals surface area contributed by atoms with Gasteiger partial charge >= 0.3 is 10.3 Å². The van der Waals surface area contributed by atoms with E-state index in [1.54, 1.807) is 0 Å². The van der Waals surface area contributed by atoms with E-state index in [1.807, 2.05) is 22.9 Å². The summed E-state index contributed by atoms with van der Waals surface area (Å²) < 4.78 is 33.9. The maximum absolute atomic E-state index is 13.6. The van der Waals surface area contributed by atoms with Crippen molar-refractivity contribution in [2.45, 2.75) is 49.9 Å². The minimum absolute atomic E-state index is 0.124. The topological polar surface area (TPSA) is 154 Å². The molecule has 5 rings (SSSR count). The Labute approximate surface area is 223 Å². The number of hydrogen-bond acceptors (Lipinski definition) is 9. The van der Waals surface area contributed by atoms with Gasteiger partial charge < -0.3 is 15.7 Å². The molecule has 1 aliphatic carbocycles. The number of carbonyl (C=O) groups excluding carboxylic acids is 1. The van der Waals surface area contributed by atoms with Crippen LogP contribution in [0.1, 0.15) is 57.2 Å². The summed E-state index contributed by atoms with van der Waals surface area (Å²) >= 11 is 7.87. The molecule has 13 heteroatoms. The summed E-state index contributed by atoms with van der Waals surface area (Å²) in [5.41, 5.74) is 3.49. The number of aliphatic hydroxyl groups excluding tert-OH is 1. The number of carbonyl (C=O) groups is 1. The van der Waals surface area contributed by atoms with Gasteiger partial charge in [-0.1, -0.05) is 35.9 Å². The van der Waals surface area contributed by atoms with Gasteiger partial charge in [-0.15, -0.1) is 11.3 Å². The summed E-state index contributed by atoms with van der Waals surface area (Å²) in [6.45, 7) is 0.829. The lowest BCUT2D eigenvalue weighted by Gasteiger charge is -2.18. The summed E-state index contributed by atoms with van der Waals surface area (Å²) in [6.07, 6.45) is 4.09. The molecular weight excluding hydrogens is 538 g/mol. The van der Waals surface area contributed by atoms with Crippen LogP contribution < -0.4 is 15.4 Å². The van der Waals surface area contributed by atoms with Gasteiger partial charge in [0, 0.05) is 17.8 Å². The highest BCUT2D eigenvalue weighted by molar-refractivity contribution is 7.83. The molecule has 2 aromatic heterocycles. The van der Waals surface area contributed by atoms with Crippen LogP contribution in [-0.2, 0) is 16.7 Å². The molecule has 1 aliphatic heterocycles. The Morgan fingerprint density at radius 3 is 2.84 bits per heavy atom. The Morgan fingerprint density at radius 1 is 1.22 bits per heavy atom. The maximum Gasteiger partial charge on any atom is 0.333 e. The highest BCUT2D eigenvalue weighted by atomic mass is 35.5. The number of hydrogen-bond donors (Lipinski definition) is 5. The predicted octanol–water partition coefficient (Wildman–Crippen LogP) is 2.74. The summed E-state index contributed by atoms with van der Waals surface area (Å²) in [7, 11) is -4.46. The Kier molecular flexibility index (Phi) is 7.59. The van der Waals surface area contributed by atoms with Crippen LogP contribution in [0.15, 0.2) is 42.9 Å². The first-order chi connectivity index (χ1) is 17.7. The van der Waals surface area contributed by atoms with Crippen LogP contribution in [0.25, 0.3) is 0 Å². The number of nitrogens with zero attached hydrogens (tertiary/aromatic N) is 2. The van der Waals surface area contributed by atoms with Gasteiger partial charge in [0.1, 0.15) is 12.1 Å². The van der Waals surface area contributed by atoms with Gasteiger partial charge in [-0.25, -0.2) is 9.97 Å². The molecule has 1 unspecified atom stereocenters. The zero-order chi connectivity index (χ0) is 26.2. The second-order valence-electron chi connectivity index (χ2n) is 9.22. The highest BCUT2D eigenvalue weighted by Gasteiger charge is 2.36. The summed E-state index contributed by atoms with van der Waals surface area (Å²) in [5.74, 6) is -0.0250. The molecule has 0 radical (unpaired) electrons. The Morgan fingerprint density at radius 2 is 2.03 bits per heavy atom. The fraction of sp³-hybridized carbons (Fsp3) is 0.375. The van der Waals surface area contributed by atoms with Crippen LogP contribution in [0, 0.1) is 0 Å². The minimum Gasteiger partial charge on any atom is -0.391 e. The van der Waals surface area contributed by atoms with Gasteiger partial charge in [-0.05, 0) is 49.4 Å². The summed E-state index contributed by atoms with van der Waals surface area (Å²) in [6, 6.07) is 8.68. The molecule has 5 N–H and O–H groups in total. The molecule has 3 aromatic rings. The first-order valence-electron chi connectivity index (χ1n) is 11.8. The Hall–Kier alpha value is -2.45. The van der Waals surface area contributed by atoms with E-state index in [0.717, 1.165) is 30.5 Å². The molecule has 37 heavy (non-hydrogen) atoms. The SMILES string of the molecule is O=C(c1cc([C@@H]2NCCCc3ccccc32)c(Cl)s1)c1cncnc1N[C@@H]1CC(NS(=O)(=O)O)[C@@H](O)C1. The molecule has 4 atom stereocenters. The van der Waals surface area contributed by atoms with E-state index in [9.17, 15) is 18.3 Å². The second-order valence-corrected chi connectivity index (χ2v) is 12.1. The molecule has 1 fully saturated rings. The lowest BCUT2D eigenvalue weighted by atomic mass is 9.95. The van der Waals surface area contributed by atoms with Crippen molar-refractivity contribution in [3.8, 4) is 0 Å². The van der Waals surface area contributed by atoms with Crippen LogP contribution in [0.2, 0.25) is 4.34 Å². The van der Waals surface area contributed by atoms with Gasteiger partial charge in [-0.3, -0.25) is 9.35 Å². The number of thiophene rings is 1. The third kappa shape index (κ3) is 5.85. The lowest BCUT2D eigenvalue weighted by Crippen LogP contribution is -2.39. The molecule has 10 nitrogen and oxygen atoms in total. The lowest BCUT2D eigenvalue weighted by molar-refractivity contribution is 0.104. The molecular formula is C24H26ClN5O5S2. The van der Waals surface area contributed by atoms with Crippen LogP contribution in [0.5, 0.6) is 0 Å². The van der Waals surface area contributed by atoms with Crippen molar-refractivity contribution >= 4 is 44.8 Å². The van der Waals surface area contributed by atoms with Crippen LogP contribution in [0.4, 0.5) is 5.82 Å². The molecule has 0 spiro atoms. The molecule has 0 amide bonds. The second kappa shape index (κ2) is 10.7. The zero-order valence-electron chi connectivity index (χ0n) is 19.6. The first-order valence-corrected chi connectivity index (χ1v) is 14.5. The number of anilines is 1. The van der Waals surface area contributed by atoms with E-state index < -0.39 is 22.4 Å². The molecule has 196 valence electrons. The zero-order valence-corrected chi connectivity index (χ0v) is 22.0. The van der Waals surface area contributed by atoms with E-state index in [2.05, 4.69) is 32.7 Å². The van der Waals surface area contributed by atoms with Crippen molar-refractivity contribution in [3.63, 3.8) is 0 Å². The quantitative estimate of drug-likeness (QED) is 0.216. The number of ketones is 1. The largest absolute Gasteiger partial charge is 0.391 e. The predicted molar refractivity (Wildman–Crippen MR) is 141 cm³/mol. The van der Waals surface area contributed by atoms with E-state index in [0.29, 0.717) is 9.21 Å². The Bertz CT molecular complexity index is 1420. The maximum atomic E-state index is 13.6. The number of nitrogens with one attached hydrogen (secondary N) is 3. The van der Waals surface area contributed by atoms with Gasteiger partial charge in [0.2, 0.25) is 5.78 Å². The number of aromatic nitrogens is 2. The summed E-state index contributed by atoms with van der Waals surface area (Å²) in [5, 5.41) is 16.9. The number of benzene rings is 1. The van der Waals surface area contributed by atoms with Crippen molar-refractivity contribution in [1.29, 1.82) is 0 Å². The van der Waals surface area contributed by atoms with Crippen molar-refractivity contribution < 1.29 is 22.9 Å². The number of fused-ring (bicyclic) bond motifs is 1. The number of halogens is 1. The van der Waals surface area contributed by atoms with E-state index in [1.165, 1.54) is 29.4 Å².